The van der Waals surface area contributed by atoms with Crippen molar-refractivity contribution in [2.24, 2.45) is 14.1 Å². The van der Waals surface area contributed by atoms with Gasteiger partial charge in [0, 0.05) is 52.2 Å². The van der Waals surface area contributed by atoms with Gasteiger partial charge in [-0.15, -0.1) is 0 Å². The molecule has 0 unspecified atom stereocenters. The molecule has 3 aromatic rings. The number of piperazine rings is 1. The highest BCUT2D eigenvalue weighted by Crippen LogP contribution is 2.23. The normalized spacial score (nSPS) is 14.5. The highest BCUT2D eigenvalue weighted by molar-refractivity contribution is 6.30. The van der Waals surface area contributed by atoms with Crippen LogP contribution in [0.25, 0.3) is 11.2 Å². The topological polar surface area (TPSA) is 85.4 Å². The lowest BCUT2D eigenvalue weighted by Gasteiger charge is -2.35. The summed E-state index contributed by atoms with van der Waals surface area (Å²) in [7, 11) is 3.08. The minimum atomic E-state index is -0.420. The van der Waals surface area contributed by atoms with Gasteiger partial charge in [-0.05, 0) is 17.7 Å². The molecule has 0 radical (unpaired) electrons. The van der Waals surface area contributed by atoms with Gasteiger partial charge >= 0.3 is 5.69 Å². The SMILES string of the molecule is CC(=O)N1CCN(c2nc3c(c(=O)n(C)c(=O)n3C)n2Cc2ccc(Cl)cc2)CC1. The number of carbonyl (C=O) groups excluding carboxylic acids is 1. The third kappa shape index (κ3) is 3.39. The van der Waals surface area contributed by atoms with Crippen LogP contribution in [0.15, 0.2) is 33.9 Å². The lowest BCUT2D eigenvalue weighted by molar-refractivity contribution is -0.129. The summed E-state index contributed by atoms with van der Waals surface area (Å²) in [5.74, 6) is 0.655. The van der Waals surface area contributed by atoms with Crippen molar-refractivity contribution in [2.75, 3.05) is 31.1 Å². The van der Waals surface area contributed by atoms with E-state index >= 15 is 0 Å². The molecule has 1 aliphatic heterocycles. The van der Waals surface area contributed by atoms with E-state index in [4.69, 9.17) is 16.6 Å². The van der Waals surface area contributed by atoms with Crippen molar-refractivity contribution in [1.82, 2.24) is 23.6 Å². The molecule has 1 amide bonds. The Kier molecular flexibility index (Phi) is 5.15. The fraction of sp³-hybridized carbons (Fsp3) is 0.400. The average Bonchev–Trinajstić information content (AvgIpc) is 3.11. The smallest absolute Gasteiger partial charge is 0.332 e. The molecule has 1 aliphatic rings. The minimum absolute atomic E-state index is 0.0422. The Morgan fingerprint density at radius 1 is 1.03 bits per heavy atom. The van der Waals surface area contributed by atoms with Crippen LogP contribution >= 0.6 is 11.6 Å². The van der Waals surface area contributed by atoms with Gasteiger partial charge in [-0.2, -0.15) is 4.98 Å². The second-order valence-electron chi connectivity index (χ2n) is 7.50. The van der Waals surface area contributed by atoms with Gasteiger partial charge in [0.2, 0.25) is 11.9 Å². The van der Waals surface area contributed by atoms with Gasteiger partial charge in [0.1, 0.15) is 0 Å². The minimum Gasteiger partial charge on any atom is -0.339 e. The molecule has 0 N–H and O–H groups in total. The summed E-state index contributed by atoms with van der Waals surface area (Å²) in [6.45, 7) is 4.32. The van der Waals surface area contributed by atoms with Crippen molar-refractivity contribution in [2.45, 2.75) is 13.5 Å². The van der Waals surface area contributed by atoms with Gasteiger partial charge in [-0.1, -0.05) is 23.7 Å². The van der Waals surface area contributed by atoms with E-state index < -0.39 is 5.69 Å². The number of carbonyl (C=O) groups is 1. The van der Waals surface area contributed by atoms with Crippen LogP contribution in [0.3, 0.4) is 0 Å². The van der Waals surface area contributed by atoms with Crippen molar-refractivity contribution < 1.29 is 4.79 Å². The van der Waals surface area contributed by atoms with Crippen LogP contribution in [0.4, 0.5) is 5.95 Å². The van der Waals surface area contributed by atoms with Gasteiger partial charge in [0.15, 0.2) is 11.2 Å². The number of fused-ring (bicyclic) bond motifs is 1. The second-order valence-corrected chi connectivity index (χ2v) is 7.93. The van der Waals surface area contributed by atoms with Gasteiger partial charge < -0.3 is 9.80 Å². The number of aryl methyl sites for hydroxylation is 1. The monoisotopic (exact) mass is 430 g/mol. The van der Waals surface area contributed by atoms with Crippen LogP contribution in [0.5, 0.6) is 0 Å². The van der Waals surface area contributed by atoms with Crippen LogP contribution in [0, 0.1) is 0 Å². The summed E-state index contributed by atoms with van der Waals surface area (Å²) in [5.41, 5.74) is 0.873. The predicted octanol–water partition coefficient (Wildman–Crippen LogP) is 0.804. The number of benzene rings is 1. The quantitative estimate of drug-likeness (QED) is 0.613. The first-order valence-corrected chi connectivity index (χ1v) is 10.1. The molecule has 10 heteroatoms. The van der Waals surface area contributed by atoms with Crippen molar-refractivity contribution in [1.29, 1.82) is 0 Å². The predicted molar refractivity (Wildman–Crippen MR) is 115 cm³/mol. The number of rotatable bonds is 3. The molecule has 0 saturated carbocycles. The first-order valence-electron chi connectivity index (χ1n) is 9.69. The molecule has 0 aliphatic carbocycles. The molecule has 158 valence electrons. The molecule has 1 fully saturated rings. The third-order valence-electron chi connectivity index (χ3n) is 5.59. The molecular formula is C20H23ClN6O3. The Morgan fingerprint density at radius 2 is 1.67 bits per heavy atom. The largest absolute Gasteiger partial charge is 0.339 e. The Labute approximate surface area is 177 Å². The van der Waals surface area contributed by atoms with Crippen LogP contribution in [0.2, 0.25) is 5.02 Å². The van der Waals surface area contributed by atoms with Gasteiger partial charge in [0.25, 0.3) is 5.56 Å². The maximum Gasteiger partial charge on any atom is 0.332 e. The highest BCUT2D eigenvalue weighted by Gasteiger charge is 2.26. The van der Waals surface area contributed by atoms with E-state index in [1.807, 2.05) is 16.7 Å². The number of halogens is 1. The first kappa shape index (κ1) is 20.2. The molecule has 1 aromatic carbocycles. The molecule has 2 aromatic heterocycles. The van der Waals surface area contributed by atoms with E-state index in [0.29, 0.717) is 54.9 Å². The zero-order valence-electron chi connectivity index (χ0n) is 17.1. The van der Waals surface area contributed by atoms with Crippen molar-refractivity contribution in [3.63, 3.8) is 0 Å². The average molecular weight is 431 g/mol. The van der Waals surface area contributed by atoms with E-state index in [-0.39, 0.29) is 11.5 Å². The molecule has 9 nitrogen and oxygen atoms in total. The third-order valence-corrected chi connectivity index (χ3v) is 5.84. The number of nitrogens with zero attached hydrogens (tertiary/aromatic N) is 6. The molecule has 0 bridgehead atoms. The maximum atomic E-state index is 13.0. The van der Waals surface area contributed by atoms with Gasteiger partial charge in [-0.25, -0.2) is 4.79 Å². The molecule has 0 spiro atoms. The number of hydrogen-bond donors (Lipinski definition) is 0. The van der Waals surface area contributed by atoms with Crippen molar-refractivity contribution in [3.8, 4) is 0 Å². The second kappa shape index (κ2) is 7.64. The molecule has 30 heavy (non-hydrogen) atoms. The number of hydrogen-bond acceptors (Lipinski definition) is 5. The van der Waals surface area contributed by atoms with Crippen LogP contribution in [-0.2, 0) is 25.4 Å². The first-order chi connectivity index (χ1) is 14.3. The van der Waals surface area contributed by atoms with E-state index in [9.17, 15) is 14.4 Å². The zero-order chi connectivity index (χ0) is 21.6. The Bertz CT molecular complexity index is 1230. The summed E-state index contributed by atoms with van der Waals surface area (Å²) in [5, 5.41) is 0.633. The van der Waals surface area contributed by atoms with Crippen molar-refractivity contribution >= 4 is 34.6 Å². The van der Waals surface area contributed by atoms with E-state index in [2.05, 4.69) is 4.90 Å². The van der Waals surface area contributed by atoms with Gasteiger partial charge in [-0.3, -0.25) is 23.3 Å². The highest BCUT2D eigenvalue weighted by atomic mass is 35.5. The van der Waals surface area contributed by atoms with E-state index in [1.54, 1.807) is 31.0 Å². The summed E-state index contributed by atoms with van der Waals surface area (Å²) >= 11 is 6.01. The Balaban J connectivity index is 1.86. The van der Waals surface area contributed by atoms with Crippen molar-refractivity contribution in [3.05, 3.63) is 55.7 Å². The number of aromatic nitrogens is 4. The molecule has 4 rings (SSSR count). The Morgan fingerprint density at radius 3 is 2.27 bits per heavy atom. The lowest BCUT2D eigenvalue weighted by Crippen LogP contribution is -2.48. The van der Waals surface area contributed by atoms with E-state index in [0.717, 1.165) is 10.1 Å². The van der Waals surface area contributed by atoms with E-state index in [1.165, 1.54) is 11.6 Å². The summed E-state index contributed by atoms with van der Waals surface area (Å²) in [6, 6.07) is 7.40. The lowest BCUT2D eigenvalue weighted by atomic mass is 10.2. The van der Waals surface area contributed by atoms with Crippen LogP contribution < -0.4 is 16.1 Å². The fourth-order valence-electron chi connectivity index (χ4n) is 3.82. The van der Waals surface area contributed by atoms with Crippen LogP contribution in [0.1, 0.15) is 12.5 Å². The van der Waals surface area contributed by atoms with Crippen LogP contribution in [-0.4, -0.2) is 55.7 Å². The summed E-state index contributed by atoms with van der Waals surface area (Å²) in [4.78, 5) is 45.6. The summed E-state index contributed by atoms with van der Waals surface area (Å²) < 4.78 is 4.34. The van der Waals surface area contributed by atoms with Gasteiger partial charge in [0.05, 0.1) is 6.54 Å². The molecule has 1 saturated heterocycles. The fourth-order valence-corrected chi connectivity index (χ4v) is 3.95. The zero-order valence-corrected chi connectivity index (χ0v) is 17.9. The number of anilines is 1. The molecule has 3 heterocycles. The number of amides is 1. The summed E-state index contributed by atoms with van der Waals surface area (Å²) in [6.07, 6.45) is 0. The molecule has 0 atom stereocenters. The molecular weight excluding hydrogens is 408 g/mol. The maximum absolute atomic E-state index is 13.0. The number of imidazole rings is 1. The standard InChI is InChI=1S/C20H23ClN6O3/c1-13(28)25-8-10-26(11-9-25)19-22-17-16(18(29)24(3)20(30)23(17)2)27(19)12-14-4-6-15(21)7-5-14/h4-7H,8-12H2,1-3H3. The Hall–Kier alpha value is -3.07.